The topological polar surface area (TPSA) is 0 Å². The van der Waals surface area contributed by atoms with Gasteiger partial charge in [0.1, 0.15) is 0 Å². The maximum Gasteiger partial charge on any atom is 0 e. The summed E-state index contributed by atoms with van der Waals surface area (Å²) in [6.07, 6.45) is 0. The molecule has 8 heavy (non-hydrogen) atoms. The fourth-order valence-electron chi connectivity index (χ4n) is 0.671. The Kier molecular flexibility index (Phi) is 10.9. The van der Waals surface area contributed by atoms with Gasteiger partial charge in [0.2, 0.25) is 0 Å². The fraction of sp³-hybridized carbons (Fsp3) is 1.00. The Hall–Kier alpha value is 0.623. The third-order valence-electron chi connectivity index (χ3n) is 1.34. The summed E-state index contributed by atoms with van der Waals surface area (Å²) in [5.41, 5.74) is 0. The van der Waals surface area contributed by atoms with Crippen molar-refractivity contribution in [3.05, 3.63) is 0 Å². The Morgan fingerprint density at radius 1 is 0.875 bits per heavy atom. The summed E-state index contributed by atoms with van der Waals surface area (Å²) >= 11 is -0.229. The first kappa shape index (κ1) is 11.4. The SMILES string of the molecule is CC[As](CC)CC.[B]. The molecule has 0 saturated heterocycles. The van der Waals surface area contributed by atoms with Crippen LogP contribution in [0.1, 0.15) is 20.8 Å². The van der Waals surface area contributed by atoms with Gasteiger partial charge in [-0.3, -0.25) is 0 Å². The van der Waals surface area contributed by atoms with Crippen molar-refractivity contribution >= 4 is 23.1 Å². The minimum absolute atomic E-state index is 0. The molecule has 0 atom stereocenters. The van der Waals surface area contributed by atoms with Crippen LogP contribution in [0.4, 0.5) is 0 Å². The normalized spacial score (nSPS) is 9.00. The molecule has 47 valence electrons. The van der Waals surface area contributed by atoms with Crippen LogP contribution < -0.4 is 0 Å². The van der Waals surface area contributed by atoms with Crippen LogP contribution in [0.25, 0.3) is 0 Å². The molecule has 0 aliphatic heterocycles. The molecule has 0 amide bonds. The molecule has 0 aromatic rings. The third-order valence-corrected chi connectivity index (χ3v) is 6.97. The summed E-state index contributed by atoms with van der Waals surface area (Å²) in [7, 11) is 0. The first-order chi connectivity index (χ1) is 3.35. The average molecular weight is 173 g/mol. The Morgan fingerprint density at radius 2 is 1.12 bits per heavy atom. The number of hydrogen-bond acceptors (Lipinski definition) is 0. The monoisotopic (exact) mass is 173 g/mol. The fourth-order valence-corrected chi connectivity index (χ4v) is 3.49. The van der Waals surface area contributed by atoms with E-state index >= 15 is 0 Å². The van der Waals surface area contributed by atoms with E-state index in [4.69, 9.17) is 0 Å². The van der Waals surface area contributed by atoms with Crippen LogP contribution >= 0.6 is 0 Å². The van der Waals surface area contributed by atoms with Gasteiger partial charge in [0.15, 0.2) is 0 Å². The van der Waals surface area contributed by atoms with Gasteiger partial charge in [0.25, 0.3) is 0 Å². The van der Waals surface area contributed by atoms with Crippen molar-refractivity contribution < 1.29 is 0 Å². The van der Waals surface area contributed by atoms with Crippen molar-refractivity contribution in [1.82, 2.24) is 0 Å². The molecular weight excluding hydrogens is 158 g/mol. The average Bonchev–Trinajstić information content (AvgIpc) is 1.72. The zero-order chi connectivity index (χ0) is 5.70. The Morgan fingerprint density at radius 3 is 1.12 bits per heavy atom. The standard InChI is InChI=1S/C6H15As.B/c1-4-7(5-2)6-3;/h4-6H2,1-3H3;. The van der Waals surface area contributed by atoms with Crippen LogP contribution in [0.2, 0.25) is 15.6 Å². The van der Waals surface area contributed by atoms with Crippen LogP contribution in [0.5, 0.6) is 0 Å². The molecule has 0 N–H and O–H groups in total. The number of rotatable bonds is 3. The van der Waals surface area contributed by atoms with Crippen molar-refractivity contribution in [2.45, 2.75) is 36.4 Å². The van der Waals surface area contributed by atoms with Crippen molar-refractivity contribution in [2.24, 2.45) is 0 Å². The van der Waals surface area contributed by atoms with Gasteiger partial charge in [0.05, 0.1) is 0 Å². The van der Waals surface area contributed by atoms with Crippen LogP contribution in [-0.4, -0.2) is 23.1 Å². The van der Waals surface area contributed by atoms with Crippen molar-refractivity contribution in [3.63, 3.8) is 0 Å². The second-order valence-corrected chi connectivity index (χ2v) is 8.42. The molecule has 0 bridgehead atoms. The summed E-state index contributed by atoms with van der Waals surface area (Å²) in [4.78, 5) is 0. The van der Waals surface area contributed by atoms with E-state index in [0.29, 0.717) is 0 Å². The van der Waals surface area contributed by atoms with E-state index < -0.39 is 0 Å². The second kappa shape index (κ2) is 7.62. The van der Waals surface area contributed by atoms with E-state index in [1.165, 1.54) is 15.6 Å². The molecule has 0 rings (SSSR count). The largest absolute Gasteiger partial charge is 0 e. The first-order valence-corrected chi connectivity index (χ1v) is 7.05. The molecule has 0 fully saturated rings. The zero-order valence-corrected chi connectivity index (χ0v) is 8.02. The minimum Gasteiger partial charge on any atom is 0 e. The molecule has 0 nitrogen and oxygen atoms in total. The van der Waals surface area contributed by atoms with E-state index in [0.717, 1.165) is 0 Å². The predicted octanol–water partition coefficient (Wildman–Crippen LogP) is 2.16. The smallest absolute Gasteiger partial charge is 0 e. The van der Waals surface area contributed by atoms with E-state index in [1.54, 1.807) is 0 Å². The summed E-state index contributed by atoms with van der Waals surface area (Å²) < 4.78 is 0. The van der Waals surface area contributed by atoms with Gasteiger partial charge >= 0.3 is 51.0 Å². The second-order valence-electron chi connectivity index (χ2n) is 1.62. The van der Waals surface area contributed by atoms with E-state index in [2.05, 4.69) is 20.8 Å². The molecule has 0 saturated carbocycles. The van der Waals surface area contributed by atoms with Gasteiger partial charge in [0, 0.05) is 8.41 Å². The molecule has 0 aliphatic carbocycles. The third kappa shape index (κ3) is 4.77. The van der Waals surface area contributed by atoms with Crippen LogP contribution in [-0.2, 0) is 0 Å². The van der Waals surface area contributed by atoms with E-state index in [9.17, 15) is 0 Å². The Labute approximate surface area is 59.9 Å². The molecule has 2 heteroatoms. The van der Waals surface area contributed by atoms with Gasteiger partial charge in [-0.1, -0.05) is 0 Å². The van der Waals surface area contributed by atoms with Gasteiger partial charge in [-0.05, 0) is 0 Å². The minimum atomic E-state index is -0.229. The quantitative estimate of drug-likeness (QED) is 0.573. The van der Waals surface area contributed by atoms with Crippen molar-refractivity contribution in [2.75, 3.05) is 0 Å². The van der Waals surface area contributed by atoms with Gasteiger partial charge in [-0.25, -0.2) is 0 Å². The Balaban J connectivity index is 0. The Bertz CT molecular complexity index is 30.0. The predicted molar refractivity (Wildman–Crippen MR) is 43.0 cm³/mol. The molecule has 0 spiro atoms. The van der Waals surface area contributed by atoms with Crippen LogP contribution in [0, 0.1) is 0 Å². The van der Waals surface area contributed by atoms with Crippen molar-refractivity contribution in [3.8, 4) is 0 Å². The maximum absolute atomic E-state index is 2.33. The summed E-state index contributed by atoms with van der Waals surface area (Å²) in [5.74, 6) is 0. The molecule has 0 aromatic heterocycles. The van der Waals surface area contributed by atoms with Gasteiger partial charge < -0.3 is 0 Å². The molecule has 3 radical (unpaired) electrons. The molecule has 0 unspecified atom stereocenters. The summed E-state index contributed by atoms with van der Waals surface area (Å²) in [6.45, 7) is 6.98. The van der Waals surface area contributed by atoms with E-state index in [-0.39, 0.29) is 23.1 Å². The van der Waals surface area contributed by atoms with Gasteiger partial charge in [-0.2, -0.15) is 0 Å². The van der Waals surface area contributed by atoms with Gasteiger partial charge in [-0.15, -0.1) is 0 Å². The van der Waals surface area contributed by atoms with Crippen LogP contribution in [0.15, 0.2) is 0 Å². The van der Waals surface area contributed by atoms with Crippen molar-refractivity contribution in [1.29, 1.82) is 0 Å². The molecular formula is C6H15AsB. The first-order valence-electron chi connectivity index (χ1n) is 3.07. The number of hydrogen-bond donors (Lipinski definition) is 0. The summed E-state index contributed by atoms with van der Waals surface area (Å²) in [6, 6.07) is 0. The zero-order valence-electron chi connectivity index (χ0n) is 6.15. The molecule has 0 aliphatic rings. The molecule has 0 aromatic carbocycles. The molecule has 0 heterocycles. The van der Waals surface area contributed by atoms with Crippen LogP contribution in [0.3, 0.4) is 0 Å². The summed E-state index contributed by atoms with van der Waals surface area (Å²) in [5, 5.41) is 4.50. The van der Waals surface area contributed by atoms with E-state index in [1.807, 2.05) is 0 Å². The maximum atomic E-state index is 2.33.